The summed E-state index contributed by atoms with van der Waals surface area (Å²) in [5, 5.41) is 9.15. The normalized spacial score (nSPS) is 10.3. The average Bonchev–Trinajstić information content (AvgIpc) is 2.77. The molecule has 2 rings (SSSR count). The predicted octanol–water partition coefficient (Wildman–Crippen LogP) is 2.57. The second-order valence-corrected chi connectivity index (χ2v) is 3.90. The zero-order valence-corrected chi connectivity index (χ0v) is 10.1. The maximum atomic E-state index is 11.2. The lowest BCUT2D eigenvalue weighted by Gasteiger charge is -2.10. The molecule has 5 heteroatoms. The zero-order chi connectivity index (χ0) is 13.1. The van der Waals surface area contributed by atoms with Gasteiger partial charge in [0.25, 0.3) is 0 Å². The largest absolute Gasteiger partial charge is 0.485 e. The highest BCUT2D eigenvalue weighted by atomic mass is 16.5. The molecule has 0 aliphatic carbocycles. The van der Waals surface area contributed by atoms with Gasteiger partial charge in [0.2, 0.25) is 0 Å². The summed E-state index contributed by atoms with van der Waals surface area (Å²) in [4.78, 5) is 15.3. The molecule has 0 spiro atoms. The Morgan fingerprint density at radius 3 is 2.89 bits per heavy atom. The first-order valence-corrected chi connectivity index (χ1v) is 5.44. The van der Waals surface area contributed by atoms with Gasteiger partial charge in [-0.05, 0) is 26.0 Å². The number of aromatic carboxylic acids is 1. The molecular weight excluding hydrogens is 234 g/mol. The van der Waals surface area contributed by atoms with Gasteiger partial charge in [-0.3, -0.25) is 4.98 Å². The predicted molar refractivity (Wildman–Crippen MR) is 63.7 cm³/mol. The molecule has 5 nitrogen and oxygen atoms in total. The highest BCUT2D eigenvalue weighted by molar-refractivity contribution is 5.92. The Balaban J connectivity index is 2.28. The van der Waals surface area contributed by atoms with Crippen molar-refractivity contribution in [2.24, 2.45) is 0 Å². The van der Waals surface area contributed by atoms with E-state index in [1.165, 1.54) is 0 Å². The molecule has 0 atom stereocenters. The van der Waals surface area contributed by atoms with Crippen molar-refractivity contribution in [3.8, 4) is 5.75 Å². The molecule has 94 valence electrons. The summed E-state index contributed by atoms with van der Waals surface area (Å²) < 4.78 is 10.6. The third-order valence-corrected chi connectivity index (χ3v) is 2.46. The van der Waals surface area contributed by atoms with Gasteiger partial charge < -0.3 is 14.3 Å². The van der Waals surface area contributed by atoms with Crippen LogP contribution in [-0.2, 0) is 6.61 Å². The van der Waals surface area contributed by atoms with Crippen molar-refractivity contribution in [3.63, 3.8) is 0 Å². The van der Waals surface area contributed by atoms with E-state index in [0.29, 0.717) is 22.9 Å². The van der Waals surface area contributed by atoms with Gasteiger partial charge in [-0.1, -0.05) is 0 Å². The maximum absolute atomic E-state index is 11.2. The van der Waals surface area contributed by atoms with Crippen LogP contribution in [0.25, 0.3) is 0 Å². The number of hydrogen-bond acceptors (Lipinski definition) is 4. The van der Waals surface area contributed by atoms with Crippen molar-refractivity contribution in [1.82, 2.24) is 4.98 Å². The van der Waals surface area contributed by atoms with Crippen LogP contribution >= 0.6 is 0 Å². The minimum atomic E-state index is -1.05. The summed E-state index contributed by atoms with van der Waals surface area (Å²) in [5.41, 5.74) is 1.25. The second-order valence-electron chi connectivity index (χ2n) is 3.90. The van der Waals surface area contributed by atoms with Gasteiger partial charge in [-0.2, -0.15) is 0 Å². The number of furan rings is 1. The summed E-state index contributed by atoms with van der Waals surface area (Å²) >= 11 is 0. The molecular formula is C13H13NO4. The molecule has 0 aliphatic rings. The standard InChI is InChI=1S/C13H13NO4/c1-8-6-11(12(13(15)16)9(2)14-8)18-7-10-4-3-5-17-10/h3-6H,7H2,1-2H3,(H,15,16). The van der Waals surface area contributed by atoms with E-state index in [0.717, 1.165) is 0 Å². The van der Waals surface area contributed by atoms with E-state index in [4.69, 9.17) is 14.3 Å². The number of aromatic nitrogens is 1. The lowest BCUT2D eigenvalue weighted by atomic mass is 10.1. The number of pyridine rings is 1. The third-order valence-electron chi connectivity index (χ3n) is 2.46. The van der Waals surface area contributed by atoms with Gasteiger partial charge >= 0.3 is 5.97 Å². The molecule has 0 unspecified atom stereocenters. The van der Waals surface area contributed by atoms with Crippen LogP contribution in [0.1, 0.15) is 27.5 Å². The summed E-state index contributed by atoms with van der Waals surface area (Å²) in [6.07, 6.45) is 1.54. The van der Waals surface area contributed by atoms with Crippen molar-refractivity contribution >= 4 is 5.97 Å². The number of carboxylic acid groups (broad SMARTS) is 1. The quantitative estimate of drug-likeness (QED) is 0.898. The smallest absolute Gasteiger partial charge is 0.341 e. The highest BCUT2D eigenvalue weighted by Crippen LogP contribution is 2.23. The van der Waals surface area contributed by atoms with Crippen LogP contribution in [0.2, 0.25) is 0 Å². The molecule has 2 aromatic rings. The molecule has 2 aromatic heterocycles. The summed E-state index contributed by atoms with van der Waals surface area (Å²) in [7, 11) is 0. The lowest BCUT2D eigenvalue weighted by molar-refractivity contribution is 0.0689. The highest BCUT2D eigenvalue weighted by Gasteiger charge is 2.17. The number of carbonyl (C=O) groups is 1. The van der Waals surface area contributed by atoms with E-state index in [9.17, 15) is 4.79 Å². The molecule has 18 heavy (non-hydrogen) atoms. The SMILES string of the molecule is Cc1cc(OCc2ccco2)c(C(=O)O)c(C)n1. The fourth-order valence-corrected chi connectivity index (χ4v) is 1.71. The van der Waals surface area contributed by atoms with Gasteiger partial charge in [0.1, 0.15) is 23.7 Å². The van der Waals surface area contributed by atoms with Crippen LogP contribution in [-0.4, -0.2) is 16.1 Å². The van der Waals surface area contributed by atoms with Gasteiger partial charge in [0, 0.05) is 11.8 Å². The fourth-order valence-electron chi connectivity index (χ4n) is 1.71. The van der Waals surface area contributed by atoms with Crippen molar-refractivity contribution in [2.45, 2.75) is 20.5 Å². The van der Waals surface area contributed by atoms with Crippen molar-refractivity contribution in [1.29, 1.82) is 0 Å². The van der Waals surface area contributed by atoms with Gasteiger partial charge in [-0.25, -0.2) is 4.79 Å². The average molecular weight is 247 g/mol. The molecule has 0 aromatic carbocycles. The Morgan fingerprint density at radius 2 is 2.28 bits per heavy atom. The van der Waals surface area contributed by atoms with E-state index >= 15 is 0 Å². The van der Waals surface area contributed by atoms with Crippen LogP contribution in [0.4, 0.5) is 0 Å². The number of hydrogen-bond donors (Lipinski definition) is 1. The molecule has 0 radical (unpaired) electrons. The third kappa shape index (κ3) is 2.51. The first-order chi connectivity index (χ1) is 8.58. The summed E-state index contributed by atoms with van der Waals surface area (Å²) in [6, 6.07) is 5.13. The Kier molecular flexibility index (Phi) is 3.32. The monoisotopic (exact) mass is 247 g/mol. The lowest BCUT2D eigenvalue weighted by Crippen LogP contribution is -2.07. The Morgan fingerprint density at radius 1 is 1.50 bits per heavy atom. The molecule has 0 aliphatic heterocycles. The molecule has 0 amide bonds. The van der Waals surface area contributed by atoms with Gasteiger partial charge in [-0.15, -0.1) is 0 Å². The number of aryl methyl sites for hydroxylation is 2. The van der Waals surface area contributed by atoms with E-state index in [1.54, 1.807) is 38.3 Å². The minimum absolute atomic E-state index is 0.0900. The van der Waals surface area contributed by atoms with Crippen LogP contribution in [0, 0.1) is 13.8 Å². The number of ether oxygens (including phenoxy) is 1. The second kappa shape index (κ2) is 4.91. The topological polar surface area (TPSA) is 72.6 Å². The first-order valence-electron chi connectivity index (χ1n) is 5.44. The molecule has 1 N–H and O–H groups in total. The van der Waals surface area contributed by atoms with Crippen LogP contribution < -0.4 is 4.74 Å². The fraction of sp³-hybridized carbons (Fsp3) is 0.231. The van der Waals surface area contributed by atoms with Crippen LogP contribution in [0.15, 0.2) is 28.9 Å². The van der Waals surface area contributed by atoms with Crippen LogP contribution in [0.5, 0.6) is 5.75 Å². The Bertz CT molecular complexity index is 561. The molecule has 0 saturated heterocycles. The zero-order valence-electron chi connectivity index (χ0n) is 10.1. The van der Waals surface area contributed by atoms with E-state index in [2.05, 4.69) is 4.98 Å². The first kappa shape index (κ1) is 12.2. The van der Waals surface area contributed by atoms with E-state index < -0.39 is 5.97 Å². The Hall–Kier alpha value is -2.30. The minimum Gasteiger partial charge on any atom is -0.485 e. The van der Waals surface area contributed by atoms with Crippen LogP contribution in [0.3, 0.4) is 0 Å². The van der Waals surface area contributed by atoms with Gasteiger partial charge in [0.05, 0.1) is 12.0 Å². The molecule has 0 bridgehead atoms. The van der Waals surface area contributed by atoms with Crippen molar-refractivity contribution < 1.29 is 19.1 Å². The molecule has 2 heterocycles. The molecule has 0 fully saturated rings. The van der Waals surface area contributed by atoms with Gasteiger partial charge in [0.15, 0.2) is 0 Å². The number of nitrogens with zero attached hydrogens (tertiary/aromatic N) is 1. The number of carboxylic acids is 1. The van der Waals surface area contributed by atoms with E-state index in [1.807, 2.05) is 0 Å². The summed E-state index contributed by atoms with van der Waals surface area (Å²) in [5.74, 6) is -0.100. The Labute approximate surface area is 104 Å². The maximum Gasteiger partial charge on any atom is 0.341 e. The van der Waals surface area contributed by atoms with E-state index in [-0.39, 0.29) is 12.2 Å². The summed E-state index contributed by atoms with van der Waals surface area (Å²) in [6.45, 7) is 3.63. The molecule has 0 saturated carbocycles. The van der Waals surface area contributed by atoms with Crippen molar-refractivity contribution in [2.75, 3.05) is 0 Å². The number of rotatable bonds is 4. The van der Waals surface area contributed by atoms with Crippen molar-refractivity contribution in [3.05, 3.63) is 47.2 Å².